The number of carbonyl (C=O) groups excluding carboxylic acids is 2. The molecule has 2 aromatic carbocycles. The van der Waals surface area contributed by atoms with Gasteiger partial charge in [0.15, 0.2) is 11.5 Å². The number of nitrogens with zero attached hydrogens (tertiary/aromatic N) is 2. The zero-order valence-corrected chi connectivity index (χ0v) is 24.8. The number of nitrogens with one attached hydrogen (secondary N) is 1. The molecule has 1 heterocycles. The van der Waals surface area contributed by atoms with Crippen molar-refractivity contribution in [3.8, 4) is 17.2 Å². The van der Waals surface area contributed by atoms with Gasteiger partial charge in [0.1, 0.15) is 25.0 Å². The van der Waals surface area contributed by atoms with Gasteiger partial charge < -0.3 is 24.4 Å². The molecule has 2 atom stereocenters. The number of amides is 2. The van der Waals surface area contributed by atoms with E-state index >= 15 is 0 Å². The molecule has 2 aromatic rings. The first-order valence-electron chi connectivity index (χ1n) is 13.7. The molecule has 10 nitrogen and oxygen atoms in total. The number of rotatable bonds is 14. The lowest BCUT2D eigenvalue weighted by molar-refractivity contribution is -0.141. The number of hydrogen-bond acceptors (Lipinski definition) is 7. The monoisotopic (exact) mass is 575 g/mol. The average Bonchev–Trinajstić information content (AvgIpc) is 2.94. The van der Waals surface area contributed by atoms with Gasteiger partial charge in [0.2, 0.25) is 21.8 Å². The Morgan fingerprint density at radius 2 is 1.70 bits per heavy atom. The Morgan fingerprint density at radius 1 is 1.02 bits per heavy atom. The number of methoxy groups -OCH3 is 1. The molecule has 0 radical (unpaired) electrons. The fourth-order valence-electron chi connectivity index (χ4n) is 4.48. The number of anilines is 1. The molecule has 0 spiro atoms. The Balaban J connectivity index is 1.77. The second kappa shape index (κ2) is 14.2. The number of carbonyl (C=O) groups is 2. The SMILES string of the molecule is CC[C@H](C(=O)N[C@@H](C)CC)N(Cc1ccc(OC)cc1)C(=O)CCCN(c1ccc2c(c1)OCCO2)S(C)(=O)=O. The average molecular weight is 576 g/mol. The highest BCUT2D eigenvalue weighted by molar-refractivity contribution is 7.92. The standard InChI is InChI=1S/C29H41N3O7S/c1-6-21(3)30-29(34)25(7-2)31(20-22-10-13-24(37-4)14-11-22)28(33)9-8-16-32(40(5,35)36)23-12-15-26-27(19-23)39-18-17-38-26/h10-15,19,21,25H,6-9,16-18,20H2,1-5H3,(H,30,34)/t21-,25+/m0/s1. The molecule has 40 heavy (non-hydrogen) atoms. The number of fused-ring (bicyclic) bond motifs is 1. The van der Waals surface area contributed by atoms with Crippen molar-refractivity contribution in [3.05, 3.63) is 48.0 Å². The van der Waals surface area contributed by atoms with E-state index < -0.39 is 16.1 Å². The van der Waals surface area contributed by atoms with E-state index in [4.69, 9.17) is 14.2 Å². The van der Waals surface area contributed by atoms with Crippen LogP contribution in [-0.4, -0.2) is 70.3 Å². The van der Waals surface area contributed by atoms with Crippen molar-refractivity contribution in [1.82, 2.24) is 10.2 Å². The van der Waals surface area contributed by atoms with Crippen LogP contribution in [0.3, 0.4) is 0 Å². The summed E-state index contributed by atoms with van der Waals surface area (Å²) in [6.45, 7) is 6.95. The first-order chi connectivity index (χ1) is 19.1. The Morgan fingerprint density at radius 3 is 2.30 bits per heavy atom. The highest BCUT2D eigenvalue weighted by Gasteiger charge is 2.29. The molecule has 0 aromatic heterocycles. The third kappa shape index (κ3) is 8.27. The van der Waals surface area contributed by atoms with Crippen molar-refractivity contribution in [2.45, 2.75) is 65.1 Å². The third-order valence-corrected chi connectivity index (χ3v) is 8.06. The molecule has 0 aliphatic carbocycles. The largest absolute Gasteiger partial charge is 0.497 e. The third-order valence-electron chi connectivity index (χ3n) is 6.86. The minimum atomic E-state index is -3.63. The minimum Gasteiger partial charge on any atom is -0.497 e. The fourth-order valence-corrected chi connectivity index (χ4v) is 5.44. The topological polar surface area (TPSA) is 114 Å². The first kappa shape index (κ1) is 31.1. The van der Waals surface area contributed by atoms with Crippen molar-refractivity contribution in [2.75, 3.05) is 37.4 Å². The van der Waals surface area contributed by atoms with Crippen LogP contribution in [0.5, 0.6) is 17.2 Å². The summed E-state index contributed by atoms with van der Waals surface area (Å²) in [5, 5.41) is 3.00. The maximum Gasteiger partial charge on any atom is 0.243 e. The second-order valence-corrected chi connectivity index (χ2v) is 11.8. The summed E-state index contributed by atoms with van der Waals surface area (Å²) in [7, 11) is -2.05. The van der Waals surface area contributed by atoms with Crippen molar-refractivity contribution in [1.29, 1.82) is 0 Å². The molecule has 0 bridgehead atoms. The van der Waals surface area contributed by atoms with Crippen LogP contribution in [0.25, 0.3) is 0 Å². The summed E-state index contributed by atoms with van der Waals surface area (Å²) in [5.41, 5.74) is 1.30. The predicted molar refractivity (Wildman–Crippen MR) is 154 cm³/mol. The van der Waals surface area contributed by atoms with Crippen molar-refractivity contribution >= 4 is 27.5 Å². The van der Waals surface area contributed by atoms with Crippen LogP contribution < -0.4 is 23.8 Å². The highest BCUT2D eigenvalue weighted by Crippen LogP contribution is 2.34. The molecule has 3 rings (SSSR count). The zero-order valence-electron chi connectivity index (χ0n) is 24.0. The van der Waals surface area contributed by atoms with E-state index in [9.17, 15) is 18.0 Å². The van der Waals surface area contributed by atoms with Crippen LogP contribution in [0.15, 0.2) is 42.5 Å². The molecule has 0 unspecified atom stereocenters. The van der Waals surface area contributed by atoms with Gasteiger partial charge in [0.25, 0.3) is 0 Å². The Hall–Kier alpha value is -3.47. The van der Waals surface area contributed by atoms with Crippen LogP contribution in [0.1, 0.15) is 52.0 Å². The fraction of sp³-hybridized carbons (Fsp3) is 0.517. The molecule has 220 valence electrons. The smallest absolute Gasteiger partial charge is 0.243 e. The molecule has 0 saturated carbocycles. The van der Waals surface area contributed by atoms with Gasteiger partial charge in [-0.25, -0.2) is 8.42 Å². The van der Waals surface area contributed by atoms with E-state index in [1.165, 1.54) is 4.31 Å². The number of benzene rings is 2. The van der Waals surface area contributed by atoms with E-state index in [-0.39, 0.29) is 43.8 Å². The van der Waals surface area contributed by atoms with Gasteiger partial charge in [-0.1, -0.05) is 26.0 Å². The summed E-state index contributed by atoms with van der Waals surface area (Å²) in [6, 6.07) is 11.7. The Bertz CT molecular complexity index is 1250. The predicted octanol–water partition coefficient (Wildman–Crippen LogP) is 3.73. The van der Waals surface area contributed by atoms with E-state index in [2.05, 4.69) is 5.32 Å². The number of ether oxygens (including phenoxy) is 3. The lowest BCUT2D eigenvalue weighted by Gasteiger charge is -2.32. The minimum absolute atomic E-state index is 0.0196. The molecule has 1 aliphatic rings. The van der Waals surface area contributed by atoms with Gasteiger partial charge in [-0.3, -0.25) is 13.9 Å². The molecule has 0 fully saturated rings. The number of sulfonamides is 1. The molecular formula is C29H41N3O7S. The van der Waals surface area contributed by atoms with E-state index in [0.717, 1.165) is 18.2 Å². The van der Waals surface area contributed by atoms with Crippen LogP contribution >= 0.6 is 0 Å². The van der Waals surface area contributed by atoms with Crippen LogP contribution in [-0.2, 0) is 26.2 Å². The highest BCUT2D eigenvalue weighted by atomic mass is 32.2. The van der Waals surface area contributed by atoms with E-state index in [1.54, 1.807) is 30.2 Å². The normalized spacial score (nSPS) is 14.1. The molecule has 1 aliphatic heterocycles. The van der Waals surface area contributed by atoms with Crippen LogP contribution in [0.4, 0.5) is 5.69 Å². The summed E-state index contributed by atoms with van der Waals surface area (Å²) in [6.07, 6.45) is 2.68. The number of hydrogen-bond donors (Lipinski definition) is 1. The lowest BCUT2D eigenvalue weighted by Crippen LogP contribution is -2.50. The first-order valence-corrected chi connectivity index (χ1v) is 15.5. The molecule has 1 N–H and O–H groups in total. The molecule has 0 saturated heterocycles. The van der Waals surface area contributed by atoms with Gasteiger partial charge in [-0.15, -0.1) is 0 Å². The maximum atomic E-state index is 13.6. The van der Waals surface area contributed by atoms with Gasteiger partial charge in [-0.2, -0.15) is 0 Å². The van der Waals surface area contributed by atoms with Gasteiger partial charge >= 0.3 is 0 Å². The zero-order chi connectivity index (χ0) is 29.3. The van der Waals surface area contributed by atoms with Gasteiger partial charge in [0.05, 0.1) is 19.1 Å². The summed E-state index contributed by atoms with van der Waals surface area (Å²) in [5.74, 6) is 1.32. The Labute approximate surface area is 237 Å². The van der Waals surface area contributed by atoms with Gasteiger partial charge in [0, 0.05) is 31.6 Å². The van der Waals surface area contributed by atoms with Crippen molar-refractivity contribution in [2.24, 2.45) is 0 Å². The summed E-state index contributed by atoms with van der Waals surface area (Å²) in [4.78, 5) is 28.4. The van der Waals surface area contributed by atoms with Gasteiger partial charge in [-0.05, 0) is 56.0 Å². The Kier molecular flexibility index (Phi) is 11.1. The lowest BCUT2D eigenvalue weighted by atomic mass is 10.1. The summed E-state index contributed by atoms with van der Waals surface area (Å²) >= 11 is 0. The summed E-state index contributed by atoms with van der Waals surface area (Å²) < 4.78 is 43.0. The molecule has 2 amide bonds. The quantitative estimate of drug-likeness (QED) is 0.365. The molecular weight excluding hydrogens is 534 g/mol. The van der Waals surface area contributed by atoms with E-state index in [0.29, 0.717) is 42.6 Å². The molecule has 11 heteroatoms. The van der Waals surface area contributed by atoms with Crippen molar-refractivity contribution < 1.29 is 32.2 Å². The second-order valence-electron chi connectivity index (χ2n) is 9.88. The van der Waals surface area contributed by atoms with Crippen LogP contribution in [0, 0.1) is 0 Å². The van der Waals surface area contributed by atoms with E-state index in [1.807, 2.05) is 45.0 Å². The van der Waals surface area contributed by atoms with Crippen molar-refractivity contribution in [3.63, 3.8) is 0 Å². The maximum absolute atomic E-state index is 13.6. The van der Waals surface area contributed by atoms with Crippen LogP contribution in [0.2, 0.25) is 0 Å².